The van der Waals surface area contributed by atoms with E-state index in [-0.39, 0.29) is 0 Å². The molecule has 1 atom stereocenters. The number of aldehydes is 1. The van der Waals surface area contributed by atoms with Crippen LogP contribution in [-0.2, 0) is 16.0 Å². The molecule has 1 rings (SSSR count). The van der Waals surface area contributed by atoms with Crippen molar-refractivity contribution >= 4 is 12.3 Å². The number of hydrogen-bond donors (Lipinski definition) is 1. The fourth-order valence-electron chi connectivity index (χ4n) is 1.49. The summed E-state index contributed by atoms with van der Waals surface area (Å²) in [5, 5.41) is 0. The summed E-state index contributed by atoms with van der Waals surface area (Å²) in [4.78, 5) is 22.0. The van der Waals surface area contributed by atoms with Crippen LogP contribution in [0, 0.1) is 0 Å². The zero-order valence-corrected chi connectivity index (χ0v) is 9.80. The lowest BCUT2D eigenvalue weighted by atomic mass is 10.0. The summed E-state index contributed by atoms with van der Waals surface area (Å²) in [6, 6.07) is 4.35. The van der Waals surface area contributed by atoms with E-state index in [1.165, 1.54) is 14.2 Å². The van der Waals surface area contributed by atoms with E-state index < -0.39 is 12.0 Å². The van der Waals surface area contributed by atoms with Crippen LogP contribution < -0.4 is 10.5 Å². The molecule has 1 aromatic carbocycles. The van der Waals surface area contributed by atoms with Crippen LogP contribution in [0.4, 0.5) is 0 Å². The van der Waals surface area contributed by atoms with Crippen LogP contribution in [0.2, 0.25) is 0 Å². The highest BCUT2D eigenvalue weighted by Crippen LogP contribution is 2.18. The third-order valence-electron chi connectivity index (χ3n) is 2.38. The number of esters is 1. The van der Waals surface area contributed by atoms with Gasteiger partial charge in [0.05, 0.1) is 19.8 Å². The molecule has 5 heteroatoms. The number of carbonyl (C=O) groups is 2. The Morgan fingerprint density at radius 1 is 1.47 bits per heavy atom. The van der Waals surface area contributed by atoms with E-state index in [1.54, 1.807) is 18.2 Å². The highest BCUT2D eigenvalue weighted by atomic mass is 16.5. The molecule has 0 unspecified atom stereocenters. The Labute approximate surface area is 99.5 Å². The summed E-state index contributed by atoms with van der Waals surface area (Å²) < 4.78 is 9.54. The average Bonchev–Trinajstić information content (AvgIpc) is 2.37. The van der Waals surface area contributed by atoms with Gasteiger partial charge in [-0.15, -0.1) is 0 Å². The van der Waals surface area contributed by atoms with Crippen LogP contribution in [0.15, 0.2) is 18.2 Å². The standard InChI is InChI=1S/C12H15NO4/c1-16-11-4-3-8(5-9(11)7-14)6-10(13)12(15)17-2/h3-5,7,10H,6,13H2,1-2H3/t10-/m1/s1. The summed E-state index contributed by atoms with van der Waals surface area (Å²) in [6.45, 7) is 0. The zero-order chi connectivity index (χ0) is 12.8. The molecule has 17 heavy (non-hydrogen) atoms. The minimum absolute atomic E-state index is 0.317. The van der Waals surface area contributed by atoms with Crippen molar-refractivity contribution in [2.24, 2.45) is 5.73 Å². The van der Waals surface area contributed by atoms with Crippen molar-refractivity contribution in [3.8, 4) is 5.75 Å². The molecule has 92 valence electrons. The van der Waals surface area contributed by atoms with Gasteiger partial charge in [0, 0.05) is 0 Å². The third-order valence-corrected chi connectivity index (χ3v) is 2.38. The normalized spacial score (nSPS) is 11.7. The monoisotopic (exact) mass is 237 g/mol. The largest absolute Gasteiger partial charge is 0.496 e. The summed E-state index contributed by atoms with van der Waals surface area (Å²) >= 11 is 0. The Hall–Kier alpha value is -1.88. The lowest BCUT2D eigenvalue weighted by Crippen LogP contribution is -2.33. The number of rotatable bonds is 5. The van der Waals surface area contributed by atoms with Crippen molar-refractivity contribution in [3.05, 3.63) is 29.3 Å². The Balaban J connectivity index is 2.86. The predicted molar refractivity (Wildman–Crippen MR) is 62.1 cm³/mol. The molecular formula is C12H15NO4. The highest BCUT2D eigenvalue weighted by molar-refractivity contribution is 5.80. The van der Waals surface area contributed by atoms with Crippen LogP contribution in [0.5, 0.6) is 5.75 Å². The Morgan fingerprint density at radius 3 is 2.71 bits per heavy atom. The van der Waals surface area contributed by atoms with Gasteiger partial charge < -0.3 is 15.2 Å². The van der Waals surface area contributed by atoms with Crippen molar-refractivity contribution in [3.63, 3.8) is 0 Å². The van der Waals surface area contributed by atoms with Crippen LogP contribution in [0.3, 0.4) is 0 Å². The van der Waals surface area contributed by atoms with Gasteiger partial charge in [-0.25, -0.2) is 0 Å². The summed E-state index contributed by atoms with van der Waals surface area (Å²) in [7, 11) is 2.77. The molecule has 0 aliphatic heterocycles. The molecule has 1 aromatic rings. The first-order valence-corrected chi connectivity index (χ1v) is 5.08. The Kier molecular flexibility index (Phi) is 4.66. The first-order chi connectivity index (χ1) is 8.12. The van der Waals surface area contributed by atoms with Crippen molar-refractivity contribution < 1.29 is 19.1 Å². The zero-order valence-electron chi connectivity index (χ0n) is 9.80. The van der Waals surface area contributed by atoms with Crippen molar-refractivity contribution in [1.29, 1.82) is 0 Å². The van der Waals surface area contributed by atoms with Crippen molar-refractivity contribution in [1.82, 2.24) is 0 Å². The van der Waals surface area contributed by atoms with Gasteiger partial charge in [0.15, 0.2) is 6.29 Å². The van der Waals surface area contributed by atoms with Gasteiger partial charge in [0.25, 0.3) is 0 Å². The molecule has 0 heterocycles. The second kappa shape index (κ2) is 6.00. The van der Waals surface area contributed by atoms with Gasteiger partial charge in [-0.05, 0) is 24.1 Å². The molecule has 0 fully saturated rings. The first kappa shape index (κ1) is 13.2. The molecule has 0 aliphatic carbocycles. The van der Waals surface area contributed by atoms with Gasteiger partial charge in [-0.2, -0.15) is 0 Å². The third kappa shape index (κ3) is 3.29. The van der Waals surface area contributed by atoms with Crippen LogP contribution >= 0.6 is 0 Å². The average molecular weight is 237 g/mol. The van der Waals surface area contributed by atoms with Crippen LogP contribution in [-0.4, -0.2) is 32.5 Å². The lowest BCUT2D eigenvalue weighted by molar-refractivity contribution is -0.142. The van der Waals surface area contributed by atoms with Crippen LogP contribution in [0.25, 0.3) is 0 Å². The number of benzene rings is 1. The van der Waals surface area contributed by atoms with Crippen molar-refractivity contribution in [2.75, 3.05) is 14.2 Å². The van der Waals surface area contributed by atoms with Crippen LogP contribution in [0.1, 0.15) is 15.9 Å². The van der Waals surface area contributed by atoms with E-state index in [1.807, 2.05) is 0 Å². The quantitative estimate of drug-likeness (QED) is 0.597. The predicted octanol–water partition coefficient (Wildman–Crippen LogP) is 0.550. The molecule has 2 N–H and O–H groups in total. The van der Waals surface area contributed by atoms with E-state index in [9.17, 15) is 9.59 Å². The van der Waals surface area contributed by atoms with Gasteiger partial charge in [0.2, 0.25) is 0 Å². The van der Waals surface area contributed by atoms with E-state index in [4.69, 9.17) is 10.5 Å². The van der Waals surface area contributed by atoms with Gasteiger partial charge in [-0.3, -0.25) is 9.59 Å². The molecule has 0 radical (unpaired) electrons. The van der Waals surface area contributed by atoms with E-state index >= 15 is 0 Å². The smallest absolute Gasteiger partial charge is 0.322 e. The molecule has 0 aromatic heterocycles. The Morgan fingerprint density at radius 2 is 2.18 bits per heavy atom. The van der Waals surface area contributed by atoms with E-state index in [2.05, 4.69) is 4.74 Å². The second-order valence-electron chi connectivity index (χ2n) is 3.53. The molecule has 0 saturated heterocycles. The van der Waals surface area contributed by atoms with Gasteiger partial charge >= 0.3 is 5.97 Å². The number of nitrogens with two attached hydrogens (primary N) is 1. The molecule has 0 bridgehead atoms. The SMILES string of the molecule is COC(=O)[C@H](N)Cc1ccc(OC)c(C=O)c1. The van der Waals surface area contributed by atoms with E-state index in [0.717, 1.165) is 5.56 Å². The maximum absolute atomic E-state index is 11.2. The minimum Gasteiger partial charge on any atom is -0.496 e. The number of carbonyl (C=O) groups excluding carboxylic acids is 2. The van der Waals surface area contributed by atoms with Gasteiger partial charge in [0.1, 0.15) is 11.8 Å². The molecule has 0 saturated carbocycles. The minimum atomic E-state index is -0.729. The first-order valence-electron chi connectivity index (χ1n) is 5.08. The Bertz CT molecular complexity index is 417. The molecule has 5 nitrogen and oxygen atoms in total. The second-order valence-corrected chi connectivity index (χ2v) is 3.53. The summed E-state index contributed by atoms with van der Waals surface area (Å²) in [5.74, 6) is 0.0175. The highest BCUT2D eigenvalue weighted by Gasteiger charge is 2.15. The molecule has 0 spiro atoms. The number of methoxy groups -OCH3 is 2. The maximum Gasteiger partial charge on any atom is 0.322 e. The molecule has 0 amide bonds. The number of hydrogen-bond acceptors (Lipinski definition) is 5. The molecule has 0 aliphatic rings. The lowest BCUT2D eigenvalue weighted by Gasteiger charge is -2.10. The van der Waals surface area contributed by atoms with Crippen molar-refractivity contribution in [2.45, 2.75) is 12.5 Å². The summed E-state index contributed by atoms with van der Waals surface area (Å²) in [5.41, 5.74) is 6.84. The number of ether oxygens (including phenoxy) is 2. The fourth-order valence-corrected chi connectivity index (χ4v) is 1.49. The topological polar surface area (TPSA) is 78.6 Å². The fraction of sp³-hybridized carbons (Fsp3) is 0.333. The molecular weight excluding hydrogens is 222 g/mol. The summed E-state index contributed by atoms with van der Waals surface area (Å²) in [6.07, 6.45) is 1.02. The van der Waals surface area contributed by atoms with E-state index in [0.29, 0.717) is 24.0 Å². The maximum atomic E-state index is 11.2. The van der Waals surface area contributed by atoms with Gasteiger partial charge in [-0.1, -0.05) is 6.07 Å².